The van der Waals surface area contributed by atoms with E-state index in [1.165, 1.54) is 0 Å². The first-order valence-electron chi connectivity index (χ1n) is 8.43. The highest BCUT2D eigenvalue weighted by atomic mass is 16.7. The molecule has 4 rings (SSSR count). The van der Waals surface area contributed by atoms with Gasteiger partial charge >= 0.3 is 0 Å². The molecule has 3 atom stereocenters. The molecule has 1 amide bonds. The van der Waals surface area contributed by atoms with Crippen molar-refractivity contribution < 1.29 is 19.0 Å². The van der Waals surface area contributed by atoms with Gasteiger partial charge in [-0.15, -0.1) is 0 Å². The molecule has 3 saturated heterocycles. The maximum Gasteiger partial charge on any atom is 0.228 e. The van der Waals surface area contributed by atoms with Crippen LogP contribution in [0.5, 0.6) is 0 Å². The van der Waals surface area contributed by atoms with Crippen molar-refractivity contribution in [3.8, 4) is 0 Å². The van der Waals surface area contributed by atoms with Gasteiger partial charge in [-0.1, -0.05) is 30.3 Å². The highest BCUT2D eigenvalue weighted by molar-refractivity contribution is 5.82. The molecule has 0 saturated carbocycles. The number of carbonyl (C=O) groups excluding carboxylic acids is 1. The summed E-state index contributed by atoms with van der Waals surface area (Å²) in [5, 5.41) is 0. The Morgan fingerprint density at radius 1 is 1.22 bits per heavy atom. The summed E-state index contributed by atoms with van der Waals surface area (Å²) in [6.07, 6.45) is 2.22. The topological polar surface area (TPSA) is 48.0 Å². The van der Waals surface area contributed by atoms with Gasteiger partial charge in [0.1, 0.15) is 0 Å². The number of rotatable bonds is 4. The van der Waals surface area contributed by atoms with Crippen molar-refractivity contribution in [2.45, 2.75) is 44.2 Å². The average molecular weight is 317 g/mol. The summed E-state index contributed by atoms with van der Waals surface area (Å²) < 4.78 is 17.2. The lowest BCUT2D eigenvalue weighted by atomic mass is 9.96. The van der Waals surface area contributed by atoms with Gasteiger partial charge < -0.3 is 19.1 Å². The molecule has 0 aromatic heterocycles. The van der Waals surface area contributed by atoms with Gasteiger partial charge in [0, 0.05) is 17.9 Å². The number of hydrogen-bond donors (Lipinski definition) is 0. The van der Waals surface area contributed by atoms with Crippen molar-refractivity contribution in [3.63, 3.8) is 0 Å². The Morgan fingerprint density at radius 2 is 1.96 bits per heavy atom. The number of nitrogens with zero attached hydrogens (tertiary/aromatic N) is 1. The second kappa shape index (κ2) is 5.89. The number of benzene rings is 1. The monoisotopic (exact) mass is 317 g/mol. The molecule has 0 spiro atoms. The Labute approximate surface area is 136 Å². The zero-order valence-corrected chi connectivity index (χ0v) is 13.4. The minimum Gasteiger partial charge on any atom is -0.352 e. The minimum atomic E-state index is -0.511. The van der Waals surface area contributed by atoms with Crippen LogP contribution in [0.1, 0.15) is 38.0 Å². The molecular formula is C18H23NO4. The molecule has 0 N–H and O–H groups in total. The van der Waals surface area contributed by atoms with E-state index < -0.39 is 5.79 Å². The summed E-state index contributed by atoms with van der Waals surface area (Å²) in [4.78, 5) is 14.8. The normalized spacial score (nSPS) is 32.5. The molecule has 3 heterocycles. The maximum absolute atomic E-state index is 12.8. The fourth-order valence-corrected chi connectivity index (χ4v) is 3.92. The van der Waals surface area contributed by atoms with E-state index in [-0.39, 0.29) is 24.1 Å². The molecule has 0 bridgehead atoms. The number of hydrogen-bond acceptors (Lipinski definition) is 4. The van der Waals surface area contributed by atoms with Crippen LogP contribution in [-0.2, 0) is 19.0 Å². The van der Waals surface area contributed by atoms with Crippen molar-refractivity contribution in [3.05, 3.63) is 35.9 Å². The molecule has 23 heavy (non-hydrogen) atoms. The van der Waals surface area contributed by atoms with Gasteiger partial charge in [-0.3, -0.25) is 4.79 Å². The standard InChI is InChI=1S/C18H23NO4/c1-18(22-9-10-23-18)8-7-14-11-15-12-21-17(19(15)16(14)20)13-5-3-2-4-6-13/h2-6,14-15,17H,7-12H2,1H3/t14-,15?,17+/m0/s1. The van der Waals surface area contributed by atoms with Crippen LogP contribution in [-0.4, -0.2) is 42.5 Å². The third kappa shape index (κ3) is 2.77. The van der Waals surface area contributed by atoms with E-state index in [2.05, 4.69) is 0 Å². The van der Waals surface area contributed by atoms with Gasteiger partial charge in [-0.2, -0.15) is 0 Å². The van der Waals surface area contributed by atoms with Crippen molar-refractivity contribution in [1.82, 2.24) is 4.90 Å². The van der Waals surface area contributed by atoms with Crippen LogP contribution in [0.3, 0.4) is 0 Å². The third-order valence-corrected chi connectivity index (χ3v) is 5.18. The van der Waals surface area contributed by atoms with E-state index in [4.69, 9.17) is 14.2 Å². The van der Waals surface area contributed by atoms with E-state index in [1.807, 2.05) is 42.2 Å². The molecule has 3 fully saturated rings. The van der Waals surface area contributed by atoms with Crippen molar-refractivity contribution in [2.75, 3.05) is 19.8 Å². The second-order valence-corrected chi connectivity index (χ2v) is 6.80. The predicted octanol–water partition coefficient (Wildman–Crippen LogP) is 2.48. The fourth-order valence-electron chi connectivity index (χ4n) is 3.92. The average Bonchev–Trinajstić information content (AvgIpc) is 3.24. The van der Waals surface area contributed by atoms with Crippen molar-refractivity contribution in [2.24, 2.45) is 5.92 Å². The number of amides is 1. The van der Waals surface area contributed by atoms with Crippen LogP contribution < -0.4 is 0 Å². The van der Waals surface area contributed by atoms with Crippen LogP contribution in [0.4, 0.5) is 0 Å². The summed E-state index contributed by atoms with van der Waals surface area (Å²) >= 11 is 0. The van der Waals surface area contributed by atoms with E-state index in [1.54, 1.807) is 0 Å². The first-order chi connectivity index (χ1) is 11.2. The molecule has 5 nitrogen and oxygen atoms in total. The fraction of sp³-hybridized carbons (Fsp3) is 0.611. The van der Waals surface area contributed by atoms with E-state index >= 15 is 0 Å². The van der Waals surface area contributed by atoms with Gasteiger partial charge in [0.25, 0.3) is 0 Å². The van der Waals surface area contributed by atoms with Gasteiger partial charge in [0.15, 0.2) is 12.0 Å². The van der Waals surface area contributed by atoms with Crippen LogP contribution in [0.15, 0.2) is 30.3 Å². The summed E-state index contributed by atoms with van der Waals surface area (Å²) in [6.45, 7) is 3.89. The van der Waals surface area contributed by atoms with Crippen LogP contribution >= 0.6 is 0 Å². The lowest BCUT2D eigenvalue weighted by Crippen LogP contribution is -2.33. The Kier molecular flexibility index (Phi) is 3.87. The first kappa shape index (κ1) is 15.1. The van der Waals surface area contributed by atoms with Gasteiger partial charge in [0.05, 0.1) is 25.9 Å². The molecule has 1 unspecified atom stereocenters. The van der Waals surface area contributed by atoms with E-state index in [0.29, 0.717) is 19.8 Å². The quantitative estimate of drug-likeness (QED) is 0.856. The molecule has 0 aliphatic carbocycles. The molecule has 0 radical (unpaired) electrons. The van der Waals surface area contributed by atoms with Crippen LogP contribution in [0.25, 0.3) is 0 Å². The van der Waals surface area contributed by atoms with Crippen molar-refractivity contribution >= 4 is 5.91 Å². The zero-order chi connectivity index (χ0) is 15.9. The Balaban J connectivity index is 1.43. The highest BCUT2D eigenvalue weighted by Crippen LogP contribution is 2.41. The van der Waals surface area contributed by atoms with Gasteiger partial charge in [-0.25, -0.2) is 0 Å². The lowest BCUT2D eigenvalue weighted by Gasteiger charge is -2.25. The summed E-state index contributed by atoms with van der Waals surface area (Å²) in [5.74, 6) is -0.245. The van der Waals surface area contributed by atoms with Crippen molar-refractivity contribution in [1.29, 1.82) is 0 Å². The summed E-state index contributed by atoms with van der Waals surface area (Å²) in [6, 6.07) is 10.2. The SMILES string of the molecule is CC1(CC[C@H]2CC3CO[C@H](c4ccccc4)N3C2=O)OCCO1. The second-order valence-electron chi connectivity index (χ2n) is 6.80. The first-order valence-corrected chi connectivity index (χ1v) is 8.43. The largest absolute Gasteiger partial charge is 0.352 e. The number of carbonyl (C=O) groups is 1. The highest BCUT2D eigenvalue weighted by Gasteiger charge is 2.48. The number of ether oxygens (including phenoxy) is 3. The molecule has 3 aliphatic heterocycles. The van der Waals surface area contributed by atoms with E-state index in [9.17, 15) is 4.79 Å². The summed E-state index contributed by atoms with van der Waals surface area (Å²) in [7, 11) is 0. The molecule has 124 valence electrons. The Hall–Kier alpha value is -1.43. The molecule has 5 heteroatoms. The Bertz CT molecular complexity index is 570. The molecular weight excluding hydrogens is 294 g/mol. The third-order valence-electron chi connectivity index (χ3n) is 5.18. The number of fused-ring (bicyclic) bond motifs is 1. The Morgan fingerprint density at radius 3 is 2.70 bits per heavy atom. The molecule has 1 aromatic carbocycles. The zero-order valence-electron chi connectivity index (χ0n) is 13.4. The van der Waals surface area contributed by atoms with Gasteiger partial charge in [0.2, 0.25) is 5.91 Å². The van der Waals surface area contributed by atoms with Crippen LogP contribution in [0, 0.1) is 5.92 Å². The molecule has 3 aliphatic rings. The maximum atomic E-state index is 12.8. The smallest absolute Gasteiger partial charge is 0.228 e. The minimum absolute atomic E-state index is 0.0553. The predicted molar refractivity (Wildman–Crippen MR) is 83.4 cm³/mol. The lowest BCUT2D eigenvalue weighted by molar-refractivity contribution is -0.152. The van der Waals surface area contributed by atoms with Crippen LogP contribution in [0.2, 0.25) is 0 Å². The summed E-state index contributed by atoms with van der Waals surface area (Å²) in [5.41, 5.74) is 1.05. The van der Waals surface area contributed by atoms with E-state index in [0.717, 1.165) is 24.8 Å². The molecule has 1 aromatic rings. The van der Waals surface area contributed by atoms with Gasteiger partial charge in [-0.05, 0) is 19.8 Å².